The Morgan fingerprint density at radius 3 is 1.43 bits per heavy atom. The minimum Gasteiger partial charge on any atom is -0.206 e. The third-order valence-electron chi connectivity index (χ3n) is 8.51. The Morgan fingerprint density at radius 1 is 0.500 bits per heavy atom. The first kappa shape index (κ1) is 29.6. The van der Waals surface area contributed by atoms with Gasteiger partial charge in [0.05, 0.1) is 5.56 Å². The molecule has 0 fully saturated rings. The summed E-state index contributed by atoms with van der Waals surface area (Å²) in [4.78, 5) is 0. The second-order valence-corrected chi connectivity index (χ2v) is 11.0. The maximum absolute atomic E-state index is 15.6. The van der Waals surface area contributed by atoms with Gasteiger partial charge in [0, 0.05) is 11.1 Å². The van der Waals surface area contributed by atoms with Crippen LogP contribution in [-0.4, -0.2) is 0 Å². The molecule has 4 rings (SSSR count). The highest BCUT2D eigenvalue weighted by atomic mass is 19.2. The van der Waals surface area contributed by atoms with Gasteiger partial charge in [0.25, 0.3) is 0 Å². The number of halogens is 4. The Hall–Kier alpha value is -3.40. The van der Waals surface area contributed by atoms with Crippen molar-refractivity contribution >= 4 is 0 Å². The van der Waals surface area contributed by atoms with Crippen molar-refractivity contribution in [2.45, 2.75) is 81.1 Å². The molecule has 0 aliphatic carbocycles. The zero-order valence-electron chi connectivity index (χ0n) is 24.8. The van der Waals surface area contributed by atoms with Crippen molar-refractivity contribution in [1.29, 1.82) is 0 Å². The molecule has 40 heavy (non-hydrogen) atoms. The van der Waals surface area contributed by atoms with E-state index in [-0.39, 0.29) is 22.3 Å². The topological polar surface area (TPSA) is 0 Å². The number of benzene rings is 4. The summed E-state index contributed by atoms with van der Waals surface area (Å²) in [7, 11) is 0. The molecule has 0 spiro atoms. The van der Waals surface area contributed by atoms with Crippen molar-refractivity contribution < 1.29 is 17.6 Å². The first-order valence-electron chi connectivity index (χ1n) is 14.1. The van der Waals surface area contributed by atoms with Gasteiger partial charge in [-0.1, -0.05) is 51.0 Å². The third-order valence-corrected chi connectivity index (χ3v) is 8.51. The van der Waals surface area contributed by atoms with Gasteiger partial charge in [0.1, 0.15) is 11.6 Å². The molecule has 0 atom stereocenters. The van der Waals surface area contributed by atoms with Crippen LogP contribution < -0.4 is 0 Å². The Morgan fingerprint density at radius 2 is 0.925 bits per heavy atom. The average molecular weight is 547 g/mol. The molecule has 4 heteroatoms. The number of aryl methyl sites for hydroxylation is 2. The van der Waals surface area contributed by atoms with Gasteiger partial charge in [-0.3, -0.25) is 0 Å². The van der Waals surface area contributed by atoms with E-state index in [4.69, 9.17) is 0 Å². The quantitative estimate of drug-likeness (QED) is 0.202. The van der Waals surface area contributed by atoms with Crippen molar-refractivity contribution in [3.05, 3.63) is 104 Å². The highest BCUT2D eigenvalue weighted by molar-refractivity contribution is 5.78. The second-order valence-electron chi connectivity index (χ2n) is 11.0. The summed E-state index contributed by atoms with van der Waals surface area (Å²) in [5.74, 6) is -3.76. The van der Waals surface area contributed by atoms with Gasteiger partial charge in [-0.05, 0) is 128 Å². The lowest BCUT2D eigenvalue weighted by atomic mass is 9.87. The van der Waals surface area contributed by atoms with Gasteiger partial charge in [0.2, 0.25) is 0 Å². The van der Waals surface area contributed by atoms with Crippen molar-refractivity contribution in [3.63, 3.8) is 0 Å². The minimum absolute atomic E-state index is 0.0437. The van der Waals surface area contributed by atoms with E-state index in [0.29, 0.717) is 11.1 Å². The fraction of sp³-hybridized carbons (Fsp3) is 0.333. The molecule has 0 heterocycles. The van der Waals surface area contributed by atoms with E-state index >= 15 is 17.6 Å². The summed E-state index contributed by atoms with van der Waals surface area (Å²) >= 11 is 0. The van der Waals surface area contributed by atoms with Crippen LogP contribution in [0.3, 0.4) is 0 Å². The van der Waals surface area contributed by atoms with E-state index in [0.717, 1.165) is 71.2 Å². The number of hydrogen-bond donors (Lipinski definition) is 0. The molecule has 0 unspecified atom stereocenters. The molecule has 0 amide bonds. The first-order chi connectivity index (χ1) is 18.9. The fourth-order valence-electron chi connectivity index (χ4n) is 6.05. The van der Waals surface area contributed by atoms with E-state index < -0.39 is 23.3 Å². The van der Waals surface area contributed by atoms with Crippen LogP contribution in [0.4, 0.5) is 17.6 Å². The Bertz CT molecular complexity index is 1590. The number of hydrogen-bond acceptors (Lipinski definition) is 0. The zero-order chi connectivity index (χ0) is 29.5. The molecule has 4 aromatic carbocycles. The van der Waals surface area contributed by atoms with Crippen LogP contribution in [0.15, 0.2) is 36.4 Å². The predicted octanol–water partition coefficient (Wildman–Crippen LogP) is 11.0. The van der Waals surface area contributed by atoms with Gasteiger partial charge >= 0.3 is 0 Å². The zero-order valence-corrected chi connectivity index (χ0v) is 24.8. The van der Waals surface area contributed by atoms with Crippen LogP contribution in [-0.2, 0) is 12.8 Å². The van der Waals surface area contributed by atoms with Crippen LogP contribution in [0.25, 0.3) is 33.4 Å². The highest BCUT2D eigenvalue weighted by Gasteiger charge is 2.23. The summed E-state index contributed by atoms with van der Waals surface area (Å²) < 4.78 is 62.1. The molecule has 0 nitrogen and oxygen atoms in total. The van der Waals surface area contributed by atoms with Crippen molar-refractivity contribution in [3.8, 4) is 33.4 Å². The lowest BCUT2D eigenvalue weighted by Gasteiger charge is -2.19. The molecular formula is C36H38F4. The molecule has 0 bridgehead atoms. The largest absolute Gasteiger partial charge is 0.206 e. The van der Waals surface area contributed by atoms with Crippen molar-refractivity contribution in [2.24, 2.45) is 0 Å². The second kappa shape index (κ2) is 11.6. The molecule has 0 saturated heterocycles. The van der Waals surface area contributed by atoms with Gasteiger partial charge in [0.15, 0.2) is 11.6 Å². The maximum Gasteiger partial charge on any atom is 0.167 e. The van der Waals surface area contributed by atoms with Gasteiger partial charge < -0.3 is 0 Å². The SMILES string of the molecule is CCCc1c(C)cc(-c2ccc(-c3cc(F)c(-c4cc(C)c(CCC)c(C)c4C)c(F)c3)c(F)c2F)c(C)c1C. The van der Waals surface area contributed by atoms with E-state index in [1.54, 1.807) is 0 Å². The Balaban J connectivity index is 1.81. The summed E-state index contributed by atoms with van der Waals surface area (Å²) in [5, 5.41) is 0. The van der Waals surface area contributed by atoms with Gasteiger partial charge in [-0.15, -0.1) is 0 Å². The van der Waals surface area contributed by atoms with Crippen LogP contribution in [0.2, 0.25) is 0 Å². The minimum atomic E-state index is -1.12. The molecule has 0 aliphatic heterocycles. The van der Waals surface area contributed by atoms with Gasteiger partial charge in [-0.2, -0.15) is 0 Å². The molecule has 0 saturated carbocycles. The molecule has 0 N–H and O–H groups in total. The molecule has 4 aromatic rings. The van der Waals surface area contributed by atoms with Crippen LogP contribution in [0, 0.1) is 64.8 Å². The fourth-order valence-corrected chi connectivity index (χ4v) is 6.05. The van der Waals surface area contributed by atoms with Crippen molar-refractivity contribution in [1.82, 2.24) is 0 Å². The molecule has 210 valence electrons. The Labute approximate surface area is 236 Å². The highest BCUT2D eigenvalue weighted by Crippen LogP contribution is 2.39. The summed E-state index contributed by atoms with van der Waals surface area (Å²) in [5.41, 5.74) is 9.11. The standard InChI is InChI=1S/C36H38F4/c1-9-11-26-19(3)15-30(23(7)21(26)5)29-14-13-28(35(39)36(29)40)25-17-32(37)34(33(38)18-25)31-16-20(4)27(12-10-2)22(6)24(31)8/h13-18H,9-12H2,1-8H3. The van der Waals surface area contributed by atoms with E-state index in [1.165, 1.54) is 23.3 Å². The summed E-state index contributed by atoms with van der Waals surface area (Å²) in [6, 6.07) is 8.82. The van der Waals surface area contributed by atoms with E-state index in [1.807, 2.05) is 53.7 Å². The first-order valence-corrected chi connectivity index (χ1v) is 14.1. The van der Waals surface area contributed by atoms with Crippen LogP contribution in [0.5, 0.6) is 0 Å². The molecular weight excluding hydrogens is 508 g/mol. The van der Waals surface area contributed by atoms with Crippen LogP contribution >= 0.6 is 0 Å². The third kappa shape index (κ3) is 5.09. The van der Waals surface area contributed by atoms with E-state index in [9.17, 15) is 0 Å². The van der Waals surface area contributed by atoms with Crippen LogP contribution in [0.1, 0.15) is 71.2 Å². The lowest BCUT2D eigenvalue weighted by molar-refractivity contribution is 0.513. The predicted molar refractivity (Wildman–Crippen MR) is 159 cm³/mol. The maximum atomic E-state index is 15.6. The average Bonchev–Trinajstić information content (AvgIpc) is 2.90. The lowest BCUT2D eigenvalue weighted by Crippen LogP contribution is -2.03. The smallest absolute Gasteiger partial charge is 0.167 e. The molecule has 0 radical (unpaired) electrons. The van der Waals surface area contributed by atoms with Gasteiger partial charge in [-0.25, -0.2) is 17.6 Å². The summed E-state index contributed by atoms with van der Waals surface area (Å²) in [6.45, 7) is 15.9. The number of rotatable bonds is 7. The summed E-state index contributed by atoms with van der Waals surface area (Å²) in [6.07, 6.45) is 3.78. The molecule has 0 aliphatic rings. The molecule has 0 aromatic heterocycles. The monoisotopic (exact) mass is 546 g/mol. The Kier molecular flexibility index (Phi) is 8.58. The normalized spacial score (nSPS) is 11.4. The van der Waals surface area contributed by atoms with Crippen molar-refractivity contribution in [2.75, 3.05) is 0 Å². The van der Waals surface area contributed by atoms with E-state index in [2.05, 4.69) is 13.8 Å².